The monoisotopic (exact) mass is 297 g/mol. The van der Waals surface area contributed by atoms with Crippen LogP contribution >= 0.6 is 8.22 Å². The van der Waals surface area contributed by atoms with E-state index in [1.807, 2.05) is 29.9 Å². The van der Waals surface area contributed by atoms with Gasteiger partial charge in [-0.05, 0) is 33.0 Å². The van der Waals surface area contributed by atoms with Crippen LogP contribution in [-0.2, 0) is 0 Å². The van der Waals surface area contributed by atoms with Crippen molar-refractivity contribution in [2.45, 2.75) is 0 Å². The van der Waals surface area contributed by atoms with E-state index in [2.05, 4.69) is 72.6 Å². The van der Waals surface area contributed by atoms with E-state index in [0.29, 0.717) is 0 Å². The standard InChI is InChI=1S/C17H20N3P/c1-6-7-8-12-15-19(4)21(20(5)16-18(2)3)17-13-10-9-11-14-17/h1,9-11,13-14H,16H2,2-5H3. The van der Waals surface area contributed by atoms with E-state index in [9.17, 15) is 0 Å². The lowest BCUT2D eigenvalue weighted by Gasteiger charge is -2.34. The second-order valence-electron chi connectivity index (χ2n) is 4.66. The maximum absolute atomic E-state index is 5.08. The predicted molar refractivity (Wildman–Crippen MR) is 91.5 cm³/mol. The molecule has 0 aliphatic rings. The van der Waals surface area contributed by atoms with E-state index in [-0.39, 0.29) is 0 Å². The maximum Gasteiger partial charge on any atom is 0.108 e. The Kier molecular flexibility index (Phi) is 7.39. The summed E-state index contributed by atoms with van der Waals surface area (Å²) in [4.78, 5) is 2.14. The topological polar surface area (TPSA) is 9.72 Å². The molecule has 0 saturated carbocycles. The molecule has 0 fully saturated rings. The van der Waals surface area contributed by atoms with Gasteiger partial charge in [0, 0.05) is 30.2 Å². The summed E-state index contributed by atoms with van der Waals surface area (Å²) in [6, 6.07) is 13.4. The molecule has 1 atom stereocenters. The summed E-state index contributed by atoms with van der Waals surface area (Å²) in [5.41, 5.74) is 0. The Morgan fingerprint density at radius 2 is 1.67 bits per heavy atom. The Morgan fingerprint density at radius 3 is 2.24 bits per heavy atom. The zero-order chi connectivity index (χ0) is 15.7. The zero-order valence-corrected chi connectivity index (χ0v) is 13.9. The van der Waals surface area contributed by atoms with Crippen molar-refractivity contribution in [1.29, 1.82) is 0 Å². The first-order valence-corrected chi connectivity index (χ1v) is 7.72. The van der Waals surface area contributed by atoms with Crippen LogP contribution in [0.1, 0.15) is 0 Å². The quantitative estimate of drug-likeness (QED) is 0.354. The average molecular weight is 297 g/mol. The van der Waals surface area contributed by atoms with Gasteiger partial charge in [-0.1, -0.05) is 30.3 Å². The van der Waals surface area contributed by atoms with Crippen LogP contribution in [0.3, 0.4) is 0 Å². The minimum Gasteiger partial charge on any atom is -0.296 e. The SMILES string of the molecule is C#CC#CC#CN(C)P(c1ccccc1)N(C)CN(C)C. The highest BCUT2D eigenvalue weighted by Gasteiger charge is 2.21. The van der Waals surface area contributed by atoms with Crippen LogP contribution in [0.15, 0.2) is 30.3 Å². The molecule has 4 heteroatoms. The normalized spacial score (nSPS) is 10.9. The van der Waals surface area contributed by atoms with Crippen LogP contribution in [0.2, 0.25) is 0 Å². The largest absolute Gasteiger partial charge is 0.296 e. The third-order valence-corrected chi connectivity index (χ3v) is 4.70. The van der Waals surface area contributed by atoms with Gasteiger partial charge in [-0.25, -0.2) is 0 Å². The molecule has 1 aromatic carbocycles. The van der Waals surface area contributed by atoms with E-state index in [4.69, 9.17) is 6.42 Å². The molecule has 0 aliphatic carbocycles. The smallest absolute Gasteiger partial charge is 0.108 e. The van der Waals surface area contributed by atoms with E-state index in [0.717, 1.165) is 6.67 Å². The van der Waals surface area contributed by atoms with Gasteiger partial charge in [-0.15, -0.1) is 6.42 Å². The van der Waals surface area contributed by atoms with E-state index < -0.39 is 8.22 Å². The van der Waals surface area contributed by atoms with Crippen LogP contribution < -0.4 is 5.30 Å². The second-order valence-corrected chi connectivity index (χ2v) is 7.04. The van der Waals surface area contributed by atoms with Crippen LogP contribution in [-0.4, -0.2) is 49.1 Å². The van der Waals surface area contributed by atoms with Crippen molar-refractivity contribution in [3.8, 4) is 36.1 Å². The molecule has 1 aromatic rings. The van der Waals surface area contributed by atoms with Crippen molar-refractivity contribution in [2.24, 2.45) is 0 Å². The summed E-state index contributed by atoms with van der Waals surface area (Å²) in [7, 11) is 7.49. The van der Waals surface area contributed by atoms with Gasteiger partial charge in [0.2, 0.25) is 0 Å². The Bertz CT molecular complexity index is 596. The highest BCUT2D eigenvalue weighted by Crippen LogP contribution is 2.40. The van der Waals surface area contributed by atoms with Gasteiger partial charge in [0.15, 0.2) is 0 Å². The summed E-state index contributed by atoms with van der Waals surface area (Å²) in [5, 5.41) is 1.25. The molecule has 0 aromatic heterocycles. The maximum atomic E-state index is 5.08. The lowest BCUT2D eigenvalue weighted by atomic mass is 10.4. The van der Waals surface area contributed by atoms with Crippen LogP contribution in [0.5, 0.6) is 0 Å². The third kappa shape index (κ3) is 5.91. The van der Waals surface area contributed by atoms with Crippen LogP contribution in [0.25, 0.3) is 0 Å². The third-order valence-electron chi connectivity index (χ3n) is 2.50. The number of hydrogen-bond donors (Lipinski definition) is 0. The average Bonchev–Trinajstić information content (AvgIpc) is 2.44. The number of benzene rings is 1. The minimum atomic E-state index is -0.700. The first kappa shape index (κ1) is 17.1. The Morgan fingerprint density at radius 1 is 1.00 bits per heavy atom. The number of nitrogens with zero attached hydrogens (tertiary/aromatic N) is 3. The number of terminal acetylenes is 1. The Labute approximate surface area is 129 Å². The van der Waals surface area contributed by atoms with Crippen molar-refractivity contribution in [2.75, 3.05) is 34.9 Å². The van der Waals surface area contributed by atoms with Crippen molar-refractivity contribution < 1.29 is 0 Å². The molecule has 0 bridgehead atoms. The van der Waals surface area contributed by atoms with Gasteiger partial charge < -0.3 is 0 Å². The molecular formula is C17H20N3P. The fourth-order valence-corrected chi connectivity index (χ4v) is 4.01. The second kappa shape index (κ2) is 9.07. The number of hydrogen-bond acceptors (Lipinski definition) is 3. The van der Waals surface area contributed by atoms with Gasteiger partial charge in [0.05, 0.1) is 6.67 Å². The molecule has 0 heterocycles. The van der Waals surface area contributed by atoms with E-state index in [1.165, 1.54) is 5.30 Å². The lowest BCUT2D eigenvalue weighted by molar-refractivity contribution is 0.302. The lowest BCUT2D eigenvalue weighted by Crippen LogP contribution is -2.33. The summed E-state index contributed by atoms with van der Waals surface area (Å²) >= 11 is 0. The molecule has 0 N–H and O–H groups in total. The highest BCUT2D eigenvalue weighted by atomic mass is 31.1. The Hall–Kier alpha value is -1.95. The molecule has 3 nitrogen and oxygen atoms in total. The molecule has 1 rings (SSSR count). The van der Waals surface area contributed by atoms with Gasteiger partial charge in [-0.2, -0.15) is 0 Å². The molecule has 0 radical (unpaired) electrons. The van der Waals surface area contributed by atoms with E-state index >= 15 is 0 Å². The Balaban J connectivity index is 3.01. The first-order valence-electron chi connectivity index (χ1n) is 6.47. The first-order chi connectivity index (χ1) is 10.1. The van der Waals surface area contributed by atoms with Gasteiger partial charge in [0.25, 0.3) is 0 Å². The summed E-state index contributed by atoms with van der Waals surface area (Å²) in [5.74, 6) is 10.2. The highest BCUT2D eigenvalue weighted by molar-refractivity contribution is 7.61. The summed E-state index contributed by atoms with van der Waals surface area (Å²) in [6.45, 7) is 0.850. The van der Waals surface area contributed by atoms with Gasteiger partial charge in [-0.3, -0.25) is 14.2 Å². The molecule has 1 unspecified atom stereocenters. The molecule has 0 spiro atoms. The van der Waals surface area contributed by atoms with Gasteiger partial charge in [0.1, 0.15) is 8.22 Å². The molecule has 0 amide bonds. The molecule has 0 saturated heterocycles. The van der Waals surface area contributed by atoms with Crippen LogP contribution in [0.4, 0.5) is 0 Å². The van der Waals surface area contributed by atoms with E-state index in [1.54, 1.807) is 0 Å². The molecule has 0 aliphatic heterocycles. The van der Waals surface area contributed by atoms with Crippen molar-refractivity contribution in [3.63, 3.8) is 0 Å². The minimum absolute atomic E-state index is 0.700. The fraction of sp³-hybridized carbons (Fsp3) is 0.294. The molecular weight excluding hydrogens is 277 g/mol. The predicted octanol–water partition coefficient (Wildman–Crippen LogP) is 1.60. The summed E-state index contributed by atoms with van der Waals surface area (Å²) in [6.07, 6.45) is 5.08. The zero-order valence-electron chi connectivity index (χ0n) is 13.0. The molecule has 108 valence electrons. The van der Waals surface area contributed by atoms with Crippen LogP contribution in [0, 0.1) is 36.1 Å². The fourth-order valence-electron chi connectivity index (χ4n) is 1.85. The summed E-state index contributed by atoms with van der Waals surface area (Å²) < 4.78 is 4.30. The van der Waals surface area contributed by atoms with Crippen molar-refractivity contribution in [3.05, 3.63) is 30.3 Å². The van der Waals surface area contributed by atoms with Crippen molar-refractivity contribution in [1.82, 2.24) is 14.2 Å². The molecule has 21 heavy (non-hydrogen) atoms. The van der Waals surface area contributed by atoms with Crippen molar-refractivity contribution >= 4 is 13.5 Å². The number of rotatable bonds is 5. The van der Waals surface area contributed by atoms with Gasteiger partial charge >= 0.3 is 0 Å².